The van der Waals surface area contributed by atoms with Crippen molar-refractivity contribution in [2.45, 2.75) is 17.9 Å². The van der Waals surface area contributed by atoms with Gasteiger partial charge in [0.25, 0.3) is 0 Å². The predicted molar refractivity (Wildman–Crippen MR) is 110 cm³/mol. The number of hydrogen-bond donors (Lipinski definition) is 1. The SMILES string of the molecule is C[C@@H](NC(=O)CN1CCN(S(=O)(=O)c2ccccc2)CC1)c1ccccc1Cl. The molecule has 1 aliphatic heterocycles. The van der Waals surface area contributed by atoms with Crippen LogP contribution in [0.3, 0.4) is 0 Å². The number of amides is 1. The molecule has 8 heteroatoms. The number of carbonyl (C=O) groups excluding carboxylic acids is 1. The van der Waals surface area contributed by atoms with Crippen LogP contribution < -0.4 is 5.32 Å². The Kier molecular flexibility index (Phi) is 6.72. The monoisotopic (exact) mass is 421 g/mol. The predicted octanol–water partition coefficient (Wildman–Crippen LogP) is 2.52. The summed E-state index contributed by atoms with van der Waals surface area (Å²) >= 11 is 6.18. The molecule has 150 valence electrons. The fourth-order valence-corrected chi connectivity index (χ4v) is 5.01. The molecule has 1 heterocycles. The molecule has 1 amide bonds. The third kappa shape index (κ3) is 4.91. The van der Waals surface area contributed by atoms with Gasteiger partial charge < -0.3 is 5.32 Å². The lowest BCUT2D eigenvalue weighted by Gasteiger charge is -2.33. The normalized spacial score (nSPS) is 17.2. The lowest BCUT2D eigenvalue weighted by atomic mass is 10.1. The zero-order valence-corrected chi connectivity index (χ0v) is 17.3. The first kappa shape index (κ1) is 20.8. The number of nitrogens with one attached hydrogen (secondary N) is 1. The summed E-state index contributed by atoms with van der Waals surface area (Å²) in [6, 6.07) is 15.7. The lowest BCUT2D eigenvalue weighted by molar-refractivity contribution is -0.123. The van der Waals surface area contributed by atoms with Crippen molar-refractivity contribution in [1.82, 2.24) is 14.5 Å². The number of carbonyl (C=O) groups is 1. The molecular formula is C20H24ClN3O3S. The van der Waals surface area contributed by atoms with Gasteiger partial charge in [0, 0.05) is 31.2 Å². The van der Waals surface area contributed by atoms with E-state index in [1.165, 1.54) is 4.31 Å². The largest absolute Gasteiger partial charge is 0.348 e. The minimum atomic E-state index is -3.48. The molecule has 0 bridgehead atoms. The van der Waals surface area contributed by atoms with Gasteiger partial charge in [0.2, 0.25) is 15.9 Å². The van der Waals surface area contributed by atoms with Gasteiger partial charge in [-0.15, -0.1) is 0 Å². The molecule has 1 atom stereocenters. The first-order valence-electron chi connectivity index (χ1n) is 9.19. The summed E-state index contributed by atoms with van der Waals surface area (Å²) in [4.78, 5) is 14.6. The van der Waals surface area contributed by atoms with Crippen molar-refractivity contribution in [2.24, 2.45) is 0 Å². The van der Waals surface area contributed by atoms with E-state index in [-0.39, 0.29) is 18.5 Å². The quantitative estimate of drug-likeness (QED) is 0.778. The molecule has 2 aromatic rings. The van der Waals surface area contributed by atoms with Crippen molar-refractivity contribution >= 4 is 27.5 Å². The molecule has 1 saturated heterocycles. The van der Waals surface area contributed by atoms with E-state index in [1.807, 2.05) is 30.0 Å². The minimum absolute atomic E-state index is 0.105. The summed E-state index contributed by atoms with van der Waals surface area (Å²) in [5, 5.41) is 3.58. The highest BCUT2D eigenvalue weighted by Crippen LogP contribution is 2.22. The molecular weight excluding hydrogens is 398 g/mol. The van der Waals surface area contributed by atoms with Crippen LogP contribution in [0.25, 0.3) is 0 Å². The highest BCUT2D eigenvalue weighted by Gasteiger charge is 2.29. The Balaban J connectivity index is 1.52. The van der Waals surface area contributed by atoms with Crippen LogP contribution in [0, 0.1) is 0 Å². The molecule has 0 aromatic heterocycles. The lowest BCUT2D eigenvalue weighted by Crippen LogP contribution is -2.51. The van der Waals surface area contributed by atoms with Crippen molar-refractivity contribution in [3.8, 4) is 0 Å². The molecule has 0 unspecified atom stereocenters. The third-order valence-corrected chi connectivity index (χ3v) is 7.09. The van der Waals surface area contributed by atoms with Crippen LogP contribution >= 0.6 is 11.6 Å². The van der Waals surface area contributed by atoms with E-state index >= 15 is 0 Å². The molecule has 0 saturated carbocycles. The molecule has 6 nitrogen and oxygen atoms in total. The smallest absolute Gasteiger partial charge is 0.243 e. The zero-order chi connectivity index (χ0) is 20.1. The first-order chi connectivity index (χ1) is 13.4. The van der Waals surface area contributed by atoms with Crippen LogP contribution in [0.2, 0.25) is 5.02 Å². The summed E-state index contributed by atoms with van der Waals surface area (Å²) in [6.07, 6.45) is 0. The number of nitrogens with zero attached hydrogens (tertiary/aromatic N) is 2. The van der Waals surface area contributed by atoms with Crippen LogP contribution in [0.4, 0.5) is 0 Å². The third-order valence-electron chi connectivity index (χ3n) is 4.83. The summed E-state index contributed by atoms with van der Waals surface area (Å²) in [6.45, 7) is 3.88. The van der Waals surface area contributed by atoms with Crippen molar-refractivity contribution < 1.29 is 13.2 Å². The van der Waals surface area contributed by atoms with Crippen molar-refractivity contribution in [2.75, 3.05) is 32.7 Å². The van der Waals surface area contributed by atoms with Crippen LogP contribution in [-0.4, -0.2) is 56.3 Å². The molecule has 1 aliphatic rings. The fraction of sp³-hybridized carbons (Fsp3) is 0.350. The summed E-state index contributed by atoms with van der Waals surface area (Å²) in [5.74, 6) is -0.105. The second-order valence-corrected chi connectivity index (χ2v) is 9.15. The van der Waals surface area contributed by atoms with Crippen LogP contribution in [0.5, 0.6) is 0 Å². The van der Waals surface area contributed by atoms with Gasteiger partial charge in [-0.3, -0.25) is 9.69 Å². The van der Waals surface area contributed by atoms with E-state index in [1.54, 1.807) is 36.4 Å². The van der Waals surface area contributed by atoms with Crippen molar-refractivity contribution in [3.63, 3.8) is 0 Å². The van der Waals surface area contributed by atoms with E-state index in [0.717, 1.165) is 5.56 Å². The Hall–Kier alpha value is -1.93. The average molecular weight is 422 g/mol. The zero-order valence-electron chi connectivity index (χ0n) is 15.7. The standard InChI is InChI=1S/C20H24ClN3O3S/c1-16(18-9-5-6-10-19(18)21)22-20(25)15-23-11-13-24(14-12-23)28(26,27)17-7-3-2-4-8-17/h2-10,16H,11-15H2,1H3,(H,22,25)/t16-/m1/s1. The Morgan fingerprint density at radius 2 is 1.64 bits per heavy atom. The number of benzene rings is 2. The maximum atomic E-state index is 12.7. The van der Waals surface area contributed by atoms with Gasteiger partial charge >= 0.3 is 0 Å². The maximum Gasteiger partial charge on any atom is 0.243 e. The van der Waals surface area contributed by atoms with Gasteiger partial charge in [-0.05, 0) is 30.7 Å². The van der Waals surface area contributed by atoms with Crippen LogP contribution in [0.15, 0.2) is 59.5 Å². The number of rotatable bonds is 6. The van der Waals surface area contributed by atoms with E-state index in [4.69, 9.17) is 11.6 Å². The first-order valence-corrected chi connectivity index (χ1v) is 11.0. The summed E-state index contributed by atoms with van der Waals surface area (Å²) in [5.41, 5.74) is 0.872. The van der Waals surface area contributed by atoms with E-state index in [9.17, 15) is 13.2 Å². The topological polar surface area (TPSA) is 69.7 Å². The Bertz CT molecular complexity index is 913. The Morgan fingerprint density at radius 1 is 1.04 bits per heavy atom. The molecule has 28 heavy (non-hydrogen) atoms. The van der Waals surface area contributed by atoms with Crippen LogP contribution in [0.1, 0.15) is 18.5 Å². The molecule has 3 rings (SSSR count). The number of piperazine rings is 1. The number of sulfonamides is 1. The Labute approximate surface area is 171 Å². The second-order valence-electron chi connectivity index (χ2n) is 6.80. The molecule has 1 N–H and O–H groups in total. The fourth-order valence-electron chi connectivity index (χ4n) is 3.26. The summed E-state index contributed by atoms with van der Waals surface area (Å²) in [7, 11) is -3.48. The van der Waals surface area contributed by atoms with Gasteiger partial charge in [-0.2, -0.15) is 4.31 Å². The van der Waals surface area contributed by atoms with Crippen molar-refractivity contribution in [3.05, 3.63) is 65.2 Å². The molecule has 0 spiro atoms. The number of hydrogen-bond acceptors (Lipinski definition) is 4. The van der Waals surface area contributed by atoms with E-state index < -0.39 is 10.0 Å². The van der Waals surface area contributed by atoms with Gasteiger partial charge in [0.1, 0.15) is 0 Å². The van der Waals surface area contributed by atoms with Gasteiger partial charge in [0.15, 0.2) is 0 Å². The average Bonchev–Trinajstić information content (AvgIpc) is 2.69. The van der Waals surface area contributed by atoms with Crippen LogP contribution in [-0.2, 0) is 14.8 Å². The van der Waals surface area contributed by atoms with E-state index in [2.05, 4.69) is 5.32 Å². The molecule has 0 aliphatic carbocycles. The Morgan fingerprint density at radius 3 is 2.29 bits per heavy atom. The summed E-state index contributed by atoms with van der Waals surface area (Å²) < 4.78 is 26.8. The molecule has 2 aromatic carbocycles. The highest BCUT2D eigenvalue weighted by atomic mass is 35.5. The molecule has 0 radical (unpaired) electrons. The second kappa shape index (κ2) is 9.05. The minimum Gasteiger partial charge on any atom is -0.348 e. The highest BCUT2D eigenvalue weighted by molar-refractivity contribution is 7.89. The van der Waals surface area contributed by atoms with Gasteiger partial charge in [0.05, 0.1) is 17.5 Å². The number of halogens is 1. The van der Waals surface area contributed by atoms with Gasteiger partial charge in [-0.25, -0.2) is 8.42 Å². The van der Waals surface area contributed by atoms with Gasteiger partial charge in [-0.1, -0.05) is 48.0 Å². The van der Waals surface area contributed by atoms with Crippen molar-refractivity contribution in [1.29, 1.82) is 0 Å². The molecule has 1 fully saturated rings. The van der Waals surface area contributed by atoms with E-state index in [0.29, 0.717) is 36.1 Å². The maximum absolute atomic E-state index is 12.7.